The van der Waals surface area contributed by atoms with Crippen molar-refractivity contribution in [3.05, 3.63) is 16.3 Å². The molecule has 1 heterocycles. The van der Waals surface area contributed by atoms with Crippen molar-refractivity contribution < 1.29 is 19.1 Å². The van der Waals surface area contributed by atoms with Crippen LogP contribution in [0.2, 0.25) is 0 Å². The Balaban J connectivity index is 2.50. The fourth-order valence-electron chi connectivity index (χ4n) is 1.07. The first-order chi connectivity index (χ1) is 7.69. The monoisotopic (exact) mass is 243 g/mol. The van der Waals surface area contributed by atoms with E-state index in [0.29, 0.717) is 17.2 Å². The summed E-state index contributed by atoms with van der Waals surface area (Å²) in [5, 5.41) is 4.21. The van der Waals surface area contributed by atoms with E-state index in [0.717, 1.165) is 0 Å². The van der Waals surface area contributed by atoms with Crippen molar-refractivity contribution in [3.8, 4) is 5.75 Å². The molecular weight excluding hydrogens is 230 g/mol. The summed E-state index contributed by atoms with van der Waals surface area (Å²) < 4.78 is 9.68. The van der Waals surface area contributed by atoms with Gasteiger partial charge < -0.3 is 14.8 Å². The van der Waals surface area contributed by atoms with Gasteiger partial charge >= 0.3 is 5.97 Å². The van der Waals surface area contributed by atoms with Crippen LogP contribution in [0.15, 0.2) is 11.4 Å². The number of esters is 1. The number of hydrogen-bond donors (Lipinski definition) is 1. The highest BCUT2D eigenvalue weighted by molar-refractivity contribution is 7.12. The quantitative estimate of drug-likeness (QED) is 0.785. The molecule has 0 unspecified atom stereocenters. The molecular formula is C10H13NO4S. The van der Waals surface area contributed by atoms with Gasteiger partial charge in [0.1, 0.15) is 17.2 Å². The molecule has 0 fully saturated rings. The maximum Gasteiger partial charge on any atom is 0.325 e. The van der Waals surface area contributed by atoms with Crippen LogP contribution in [-0.2, 0) is 9.53 Å². The van der Waals surface area contributed by atoms with Gasteiger partial charge in [-0.15, -0.1) is 11.3 Å². The van der Waals surface area contributed by atoms with E-state index in [4.69, 9.17) is 4.74 Å². The molecule has 1 aromatic heterocycles. The summed E-state index contributed by atoms with van der Waals surface area (Å²) in [6, 6.07) is 1.70. The first-order valence-electron chi connectivity index (χ1n) is 4.74. The molecule has 1 aromatic rings. The lowest BCUT2D eigenvalue weighted by atomic mass is 10.4. The van der Waals surface area contributed by atoms with Gasteiger partial charge in [-0.3, -0.25) is 9.59 Å². The summed E-state index contributed by atoms with van der Waals surface area (Å²) in [4.78, 5) is 23.1. The Morgan fingerprint density at radius 3 is 2.88 bits per heavy atom. The van der Waals surface area contributed by atoms with E-state index in [2.05, 4.69) is 10.1 Å². The molecule has 88 valence electrons. The smallest absolute Gasteiger partial charge is 0.325 e. The lowest BCUT2D eigenvalue weighted by Crippen LogP contribution is -2.30. The van der Waals surface area contributed by atoms with Crippen LogP contribution in [0.5, 0.6) is 5.75 Å². The molecule has 1 rings (SSSR count). The molecule has 0 aromatic carbocycles. The fraction of sp³-hybridized carbons (Fsp3) is 0.400. The Labute approximate surface area is 97.4 Å². The molecule has 1 N–H and O–H groups in total. The molecule has 0 aliphatic rings. The summed E-state index contributed by atoms with van der Waals surface area (Å²) in [7, 11) is 1.49. The van der Waals surface area contributed by atoms with E-state index in [1.165, 1.54) is 18.4 Å². The normalized spacial score (nSPS) is 9.62. The number of amides is 1. The van der Waals surface area contributed by atoms with Crippen molar-refractivity contribution >= 4 is 23.2 Å². The third-order valence-electron chi connectivity index (χ3n) is 1.75. The van der Waals surface area contributed by atoms with Gasteiger partial charge in [0.05, 0.1) is 13.7 Å². The number of carbonyl (C=O) groups is 2. The summed E-state index contributed by atoms with van der Waals surface area (Å²) >= 11 is 1.26. The molecule has 0 aliphatic heterocycles. The van der Waals surface area contributed by atoms with Gasteiger partial charge in [-0.25, -0.2) is 0 Å². The molecule has 0 bridgehead atoms. The van der Waals surface area contributed by atoms with Crippen molar-refractivity contribution in [1.29, 1.82) is 0 Å². The number of carbonyl (C=O) groups excluding carboxylic acids is 2. The molecule has 0 atom stereocenters. The van der Waals surface area contributed by atoms with Crippen molar-refractivity contribution in [2.45, 2.75) is 6.92 Å². The van der Waals surface area contributed by atoms with E-state index in [1.807, 2.05) is 0 Å². The predicted molar refractivity (Wildman–Crippen MR) is 59.8 cm³/mol. The van der Waals surface area contributed by atoms with Crippen LogP contribution in [0.1, 0.15) is 16.6 Å². The van der Waals surface area contributed by atoms with Gasteiger partial charge in [-0.05, 0) is 18.4 Å². The van der Waals surface area contributed by atoms with Gasteiger partial charge in [0.25, 0.3) is 5.91 Å². The van der Waals surface area contributed by atoms with Crippen LogP contribution in [-0.4, -0.2) is 32.1 Å². The second-order valence-electron chi connectivity index (χ2n) is 2.81. The highest BCUT2D eigenvalue weighted by atomic mass is 32.1. The van der Waals surface area contributed by atoms with Crippen LogP contribution in [0, 0.1) is 0 Å². The fourth-order valence-corrected chi connectivity index (χ4v) is 1.84. The summed E-state index contributed by atoms with van der Waals surface area (Å²) in [6.45, 7) is 1.88. The van der Waals surface area contributed by atoms with Gasteiger partial charge in [-0.1, -0.05) is 0 Å². The standard InChI is InChI=1S/C10H13NO4S/c1-3-15-8(12)6-11-10(13)9-7(14-2)4-5-16-9/h4-5H,3,6H2,1-2H3,(H,11,13). The first-order valence-corrected chi connectivity index (χ1v) is 5.62. The molecule has 0 spiro atoms. The second kappa shape index (κ2) is 6.12. The minimum Gasteiger partial charge on any atom is -0.495 e. The molecule has 0 radical (unpaired) electrons. The van der Waals surface area contributed by atoms with Gasteiger partial charge in [-0.2, -0.15) is 0 Å². The van der Waals surface area contributed by atoms with Crippen molar-refractivity contribution in [2.75, 3.05) is 20.3 Å². The van der Waals surface area contributed by atoms with Gasteiger partial charge in [0.2, 0.25) is 0 Å². The van der Waals surface area contributed by atoms with Crippen molar-refractivity contribution in [3.63, 3.8) is 0 Å². The van der Waals surface area contributed by atoms with E-state index < -0.39 is 5.97 Å². The van der Waals surface area contributed by atoms with E-state index in [1.54, 1.807) is 18.4 Å². The molecule has 6 heteroatoms. The zero-order valence-corrected chi connectivity index (χ0v) is 9.93. The van der Waals surface area contributed by atoms with Crippen molar-refractivity contribution in [2.24, 2.45) is 0 Å². The Morgan fingerprint density at radius 1 is 1.50 bits per heavy atom. The van der Waals surface area contributed by atoms with Crippen LogP contribution >= 0.6 is 11.3 Å². The SMILES string of the molecule is CCOC(=O)CNC(=O)c1sccc1OC. The average Bonchev–Trinajstić information content (AvgIpc) is 2.74. The molecule has 16 heavy (non-hydrogen) atoms. The average molecular weight is 243 g/mol. The largest absolute Gasteiger partial charge is 0.495 e. The number of rotatable bonds is 5. The summed E-state index contributed by atoms with van der Waals surface area (Å²) in [6.07, 6.45) is 0. The molecule has 0 saturated heterocycles. The molecule has 0 aliphatic carbocycles. The summed E-state index contributed by atoms with van der Waals surface area (Å²) in [5.74, 6) is -0.280. The predicted octanol–water partition coefficient (Wildman–Crippen LogP) is 1.05. The maximum absolute atomic E-state index is 11.6. The van der Waals surface area contributed by atoms with Crippen LogP contribution in [0.4, 0.5) is 0 Å². The van der Waals surface area contributed by atoms with Crippen LogP contribution in [0.3, 0.4) is 0 Å². The van der Waals surface area contributed by atoms with Crippen molar-refractivity contribution in [1.82, 2.24) is 5.32 Å². The highest BCUT2D eigenvalue weighted by Gasteiger charge is 2.14. The molecule has 5 nitrogen and oxygen atoms in total. The number of hydrogen-bond acceptors (Lipinski definition) is 5. The second-order valence-corrected chi connectivity index (χ2v) is 3.72. The van der Waals surface area contributed by atoms with E-state index in [9.17, 15) is 9.59 Å². The van der Waals surface area contributed by atoms with Crippen LogP contribution < -0.4 is 10.1 Å². The minimum atomic E-state index is -0.452. The highest BCUT2D eigenvalue weighted by Crippen LogP contribution is 2.23. The molecule has 1 amide bonds. The number of ether oxygens (including phenoxy) is 2. The van der Waals surface area contributed by atoms with E-state index >= 15 is 0 Å². The zero-order chi connectivity index (χ0) is 12.0. The Hall–Kier alpha value is -1.56. The number of methoxy groups -OCH3 is 1. The maximum atomic E-state index is 11.6. The third kappa shape index (κ3) is 3.23. The first kappa shape index (κ1) is 12.5. The zero-order valence-electron chi connectivity index (χ0n) is 9.11. The summed E-state index contributed by atoms with van der Waals surface area (Å²) in [5.41, 5.74) is 0. The van der Waals surface area contributed by atoms with Gasteiger partial charge in [0.15, 0.2) is 0 Å². The number of nitrogens with one attached hydrogen (secondary N) is 1. The Morgan fingerprint density at radius 2 is 2.25 bits per heavy atom. The Kier molecular flexibility index (Phi) is 4.78. The number of thiophene rings is 1. The third-order valence-corrected chi connectivity index (χ3v) is 2.65. The minimum absolute atomic E-state index is 0.131. The van der Waals surface area contributed by atoms with E-state index in [-0.39, 0.29) is 12.5 Å². The molecule has 0 saturated carbocycles. The lowest BCUT2D eigenvalue weighted by Gasteiger charge is -2.04. The lowest BCUT2D eigenvalue weighted by molar-refractivity contribution is -0.141. The topological polar surface area (TPSA) is 64.6 Å². The Bertz CT molecular complexity index is 375. The van der Waals surface area contributed by atoms with Crippen LogP contribution in [0.25, 0.3) is 0 Å². The van der Waals surface area contributed by atoms with Gasteiger partial charge in [0, 0.05) is 0 Å².